The SMILES string of the molecule is CCc1cc(C(C)NCC2CCC2)cc(C(C)=O)c1CC. The number of rotatable bonds is 7. The van der Waals surface area contributed by atoms with E-state index in [1.54, 1.807) is 6.92 Å². The van der Waals surface area contributed by atoms with Gasteiger partial charge >= 0.3 is 0 Å². The van der Waals surface area contributed by atoms with Gasteiger partial charge in [0.1, 0.15) is 0 Å². The van der Waals surface area contributed by atoms with Crippen molar-refractivity contribution in [2.45, 2.75) is 65.8 Å². The minimum Gasteiger partial charge on any atom is -0.310 e. The Morgan fingerprint density at radius 1 is 1.29 bits per heavy atom. The number of carbonyl (C=O) groups is 1. The van der Waals surface area contributed by atoms with Gasteiger partial charge in [0.15, 0.2) is 5.78 Å². The summed E-state index contributed by atoms with van der Waals surface area (Å²) in [5, 5.41) is 3.64. The monoisotopic (exact) mass is 287 g/mol. The molecule has 0 aromatic heterocycles. The zero-order valence-electron chi connectivity index (χ0n) is 14.0. The van der Waals surface area contributed by atoms with Crippen LogP contribution >= 0.6 is 0 Å². The van der Waals surface area contributed by atoms with Crippen molar-refractivity contribution in [1.82, 2.24) is 5.32 Å². The van der Waals surface area contributed by atoms with Crippen LogP contribution in [0, 0.1) is 5.92 Å². The van der Waals surface area contributed by atoms with Crippen LogP contribution in [0.15, 0.2) is 12.1 Å². The Hall–Kier alpha value is -1.15. The van der Waals surface area contributed by atoms with Crippen LogP contribution in [-0.4, -0.2) is 12.3 Å². The Morgan fingerprint density at radius 2 is 2.00 bits per heavy atom. The molecule has 1 N–H and O–H groups in total. The second-order valence-corrected chi connectivity index (χ2v) is 6.40. The molecule has 2 rings (SSSR count). The molecule has 1 unspecified atom stereocenters. The maximum absolute atomic E-state index is 12.0. The second kappa shape index (κ2) is 7.22. The number of benzene rings is 1. The molecule has 0 spiro atoms. The molecule has 0 bridgehead atoms. The Morgan fingerprint density at radius 3 is 2.48 bits per heavy atom. The average Bonchev–Trinajstić information content (AvgIpc) is 2.43. The molecule has 1 aromatic rings. The topological polar surface area (TPSA) is 29.1 Å². The molecule has 1 saturated carbocycles. The summed E-state index contributed by atoms with van der Waals surface area (Å²) in [7, 11) is 0. The van der Waals surface area contributed by atoms with Gasteiger partial charge in [0, 0.05) is 11.6 Å². The highest BCUT2D eigenvalue weighted by molar-refractivity contribution is 5.96. The maximum Gasteiger partial charge on any atom is 0.160 e. The van der Waals surface area contributed by atoms with Gasteiger partial charge in [-0.2, -0.15) is 0 Å². The van der Waals surface area contributed by atoms with Crippen molar-refractivity contribution in [3.63, 3.8) is 0 Å². The van der Waals surface area contributed by atoms with E-state index < -0.39 is 0 Å². The fourth-order valence-corrected chi connectivity index (χ4v) is 3.21. The maximum atomic E-state index is 12.0. The molecule has 2 nitrogen and oxygen atoms in total. The Bertz CT molecular complexity index is 503. The van der Waals surface area contributed by atoms with Gasteiger partial charge in [0.2, 0.25) is 0 Å². The second-order valence-electron chi connectivity index (χ2n) is 6.40. The van der Waals surface area contributed by atoms with Gasteiger partial charge in [-0.1, -0.05) is 26.3 Å². The molecule has 0 heterocycles. The van der Waals surface area contributed by atoms with Gasteiger partial charge in [0.25, 0.3) is 0 Å². The van der Waals surface area contributed by atoms with E-state index in [0.717, 1.165) is 30.9 Å². The van der Waals surface area contributed by atoms with Crippen LogP contribution < -0.4 is 5.32 Å². The summed E-state index contributed by atoms with van der Waals surface area (Å²) in [6.45, 7) is 9.31. The quantitative estimate of drug-likeness (QED) is 0.750. The lowest BCUT2D eigenvalue weighted by Crippen LogP contribution is -2.29. The van der Waals surface area contributed by atoms with E-state index in [1.807, 2.05) is 0 Å². The van der Waals surface area contributed by atoms with Gasteiger partial charge in [-0.3, -0.25) is 4.79 Å². The van der Waals surface area contributed by atoms with Crippen molar-refractivity contribution < 1.29 is 4.79 Å². The molecule has 1 aliphatic carbocycles. The summed E-state index contributed by atoms with van der Waals surface area (Å²) in [5.74, 6) is 1.05. The summed E-state index contributed by atoms with van der Waals surface area (Å²) in [6, 6.07) is 4.72. The zero-order chi connectivity index (χ0) is 15.4. The first-order valence-corrected chi connectivity index (χ1v) is 8.46. The molecule has 1 atom stereocenters. The van der Waals surface area contributed by atoms with E-state index in [4.69, 9.17) is 0 Å². The minimum atomic E-state index is 0.189. The van der Waals surface area contributed by atoms with Crippen LogP contribution in [0.25, 0.3) is 0 Å². The predicted molar refractivity (Wildman–Crippen MR) is 89.0 cm³/mol. The Balaban J connectivity index is 2.21. The van der Waals surface area contributed by atoms with Crippen LogP contribution in [-0.2, 0) is 12.8 Å². The van der Waals surface area contributed by atoms with Crippen LogP contribution in [0.5, 0.6) is 0 Å². The molecule has 0 saturated heterocycles. The molecular formula is C19H29NO. The van der Waals surface area contributed by atoms with E-state index in [1.165, 1.54) is 36.0 Å². The fourth-order valence-electron chi connectivity index (χ4n) is 3.21. The molecule has 21 heavy (non-hydrogen) atoms. The van der Waals surface area contributed by atoms with Crippen molar-refractivity contribution in [3.05, 3.63) is 34.4 Å². The van der Waals surface area contributed by atoms with Crippen molar-refractivity contribution in [2.75, 3.05) is 6.54 Å². The highest BCUT2D eigenvalue weighted by atomic mass is 16.1. The smallest absolute Gasteiger partial charge is 0.160 e. The molecule has 116 valence electrons. The van der Waals surface area contributed by atoms with Gasteiger partial charge in [-0.15, -0.1) is 0 Å². The van der Waals surface area contributed by atoms with Gasteiger partial charge < -0.3 is 5.32 Å². The predicted octanol–water partition coefficient (Wildman–Crippen LogP) is 4.46. The highest BCUT2D eigenvalue weighted by Crippen LogP contribution is 2.27. The zero-order valence-corrected chi connectivity index (χ0v) is 14.0. The number of nitrogens with one attached hydrogen (secondary N) is 1. The molecule has 0 aliphatic heterocycles. The largest absolute Gasteiger partial charge is 0.310 e. The van der Waals surface area contributed by atoms with Crippen LogP contribution in [0.3, 0.4) is 0 Å². The number of Topliss-reactive ketones (excluding diaryl/α,β-unsaturated/α-hetero) is 1. The third kappa shape index (κ3) is 3.74. The molecule has 1 fully saturated rings. The number of hydrogen-bond acceptors (Lipinski definition) is 2. The first-order chi connectivity index (χ1) is 10.1. The molecule has 0 radical (unpaired) electrons. The first kappa shape index (κ1) is 16.2. The van der Waals surface area contributed by atoms with Crippen molar-refractivity contribution >= 4 is 5.78 Å². The van der Waals surface area contributed by atoms with Crippen LogP contribution in [0.1, 0.15) is 80.0 Å². The normalized spacial score (nSPS) is 16.6. The Labute approximate surface area is 129 Å². The first-order valence-electron chi connectivity index (χ1n) is 8.46. The lowest BCUT2D eigenvalue weighted by molar-refractivity contribution is 0.101. The Kier molecular flexibility index (Phi) is 5.58. The molecular weight excluding hydrogens is 258 g/mol. The number of aryl methyl sites for hydroxylation is 1. The average molecular weight is 287 g/mol. The third-order valence-corrected chi connectivity index (χ3v) is 4.92. The molecule has 1 aliphatic rings. The van der Waals surface area contributed by atoms with Crippen molar-refractivity contribution in [2.24, 2.45) is 5.92 Å². The third-order valence-electron chi connectivity index (χ3n) is 4.92. The molecule has 0 amide bonds. The minimum absolute atomic E-state index is 0.189. The lowest BCUT2D eigenvalue weighted by atomic mass is 9.85. The van der Waals surface area contributed by atoms with E-state index in [2.05, 4.69) is 38.2 Å². The summed E-state index contributed by atoms with van der Waals surface area (Å²) in [6.07, 6.45) is 6.05. The summed E-state index contributed by atoms with van der Waals surface area (Å²) in [5.41, 5.74) is 4.75. The van der Waals surface area contributed by atoms with Crippen LogP contribution in [0.2, 0.25) is 0 Å². The van der Waals surface area contributed by atoms with E-state index in [0.29, 0.717) is 6.04 Å². The number of ketones is 1. The van der Waals surface area contributed by atoms with E-state index in [-0.39, 0.29) is 5.78 Å². The summed E-state index contributed by atoms with van der Waals surface area (Å²) < 4.78 is 0. The summed E-state index contributed by atoms with van der Waals surface area (Å²) >= 11 is 0. The van der Waals surface area contributed by atoms with Gasteiger partial charge in [-0.25, -0.2) is 0 Å². The fraction of sp³-hybridized carbons (Fsp3) is 0.632. The number of carbonyl (C=O) groups excluding carboxylic acids is 1. The highest BCUT2D eigenvalue weighted by Gasteiger charge is 2.19. The van der Waals surface area contributed by atoms with Crippen LogP contribution in [0.4, 0.5) is 0 Å². The molecule has 2 heteroatoms. The number of hydrogen-bond donors (Lipinski definition) is 1. The van der Waals surface area contributed by atoms with Gasteiger partial charge in [-0.05, 0) is 74.8 Å². The van der Waals surface area contributed by atoms with E-state index >= 15 is 0 Å². The van der Waals surface area contributed by atoms with Crippen molar-refractivity contribution in [3.8, 4) is 0 Å². The summed E-state index contributed by atoms with van der Waals surface area (Å²) in [4.78, 5) is 12.0. The lowest BCUT2D eigenvalue weighted by Gasteiger charge is -2.28. The molecule has 1 aromatic carbocycles. The standard InChI is InChI=1S/C19H29NO/c1-5-16-10-17(11-19(14(4)21)18(16)6-2)13(3)20-12-15-8-7-9-15/h10-11,13,15,20H,5-9,12H2,1-4H3. The van der Waals surface area contributed by atoms with E-state index in [9.17, 15) is 4.79 Å². The van der Waals surface area contributed by atoms with Crippen molar-refractivity contribution in [1.29, 1.82) is 0 Å². The van der Waals surface area contributed by atoms with Gasteiger partial charge in [0.05, 0.1) is 0 Å².